The molecule has 0 fully saturated rings. The van der Waals surface area contributed by atoms with E-state index in [9.17, 15) is 4.79 Å². The van der Waals surface area contributed by atoms with E-state index in [2.05, 4.69) is 10.3 Å². The number of hydroxylamine groups is 1. The number of nitrogens with zero attached hydrogens (tertiary/aromatic N) is 1. The highest BCUT2D eigenvalue weighted by atomic mass is 32.1. The van der Waals surface area contributed by atoms with Crippen LogP contribution in [0, 0.1) is 0 Å². The standard InChI is InChI=1S/C23H23N3O4S/c27-22(24-14-16-29-19-11-9-18(10-12-19)23(31)26-28)20-7-4-8-21(25-20)30-15-13-17-5-2-1-3-6-17/h1-12,28H,13-16H2,(H,24,27)(H,26,31). The summed E-state index contributed by atoms with van der Waals surface area (Å²) in [6.07, 6.45) is 0.763. The lowest BCUT2D eigenvalue weighted by molar-refractivity contribution is 0.0941. The van der Waals surface area contributed by atoms with Gasteiger partial charge in [-0.3, -0.25) is 15.5 Å². The minimum atomic E-state index is -0.299. The number of benzene rings is 2. The molecule has 0 bridgehead atoms. The average molecular weight is 438 g/mol. The Morgan fingerprint density at radius 3 is 2.45 bits per heavy atom. The van der Waals surface area contributed by atoms with Gasteiger partial charge in [0.25, 0.3) is 5.91 Å². The van der Waals surface area contributed by atoms with Crippen molar-refractivity contribution in [1.29, 1.82) is 0 Å². The van der Waals surface area contributed by atoms with E-state index < -0.39 is 0 Å². The summed E-state index contributed by atoms with van der Waals surface area (Å²) in [7, 11) is 0. The molecule has 31 heavy (non-hydrogen) atoms. The predicted octanol–water partition coefficient (Wildman–Crippen LogP) is 3.17. The third-order valence-corrected chi connectivity index (χ3v) is 4.64. The van der Waals surface area contributed by atoms with Gasteiger partial charge in [0, 0.05) is 18.1 Å². The van der Waals surface area contributed by atoms with Crippen LogP contribution >= 0.6 is 12.2 Å². The number of thiocarbonyl (C=S) groups is 1. The molecule has 1 amide bonds. The van der Waals surface area contributed by atoms with E-state index in [-0.39, 0.29) is 16.6 Å². The van der Waals surface area contributed by atoms with Crippen molar-refractivity contribution in [3.63, 3.8) is 0 Å². The molecule has 3 rings (SSSR count). The van der Waals surface area contributed by atoms with E-state index in [4.69, 9.17) is 26.9 Å². The molecule has 1 heterocycles. The SMILES string of the molecule is O=C(NCCOc1ccc(C(=S)NO)cc1)c1cccc(OCCc2ccccc2)n1. The van der Waals surface area contributed by atoms with Gasteiger partial charge >= 0.3 is 0 Å². The second kappa shape index (κ2) is 11.6. The van der Waals surface area contributed by atoms with Gasteiger partial charge in [-0.2, -0.15) is 0 Å². The lowest BCUT2D eigenvalue weighted by Crippen LogP contribution is -2.28. The highest BCUT2D eigenvalue weighted by Crippen LogP contribution is 2.12. The third kappa shape index (κ3) is 7.06. The van der Waals surface area contributed by atoms with Crippen LogP contribution in [0.25, 0.3) is 0 Å². The van der Waals surface area contributed by atoms with E-state index in [1.54, 1.807) is 42.5 Å². The van der Waals surface area contributed by atoms with Crippen LogP contribution in [0.5, 0.6) is 11.6 Å². The first kappa shape index (κ1) is 22.2. The van der Waals surface area contributed by atoms with E-state index in [0.29, 0.717) is 37.0 Å². The number of rotatable bonds is 10. The summed E-state index contributed by atoms with van der Waals surface area (Å²) >= 11 is 4.94. The van der Waals surface area contributed by atoms with Crippen molar-refractivity contribution in [2.75, 3.05) is 19.8 Å². The first-order valence-electron chi connectivity index (χ1n) is 9.75. The third-order valence-electron chi connectivity index (χ3n) is 4.31. The van der Waals surface area contributed by atoms with Crippen LogP contribution in [-0.4, -0.2) is 40.8 Å². The van der Waals surface area contributed by atoms with E-state index >= 15 is 0 Å². The van der Waals surface area contributed by atoms with Gasteiger partial charge < -0.3 is 14.8 Å². The van der Waals surface area contributed by atoms with Crippen molar-refractivity contribution in [2.24, 2.45) is 0 Å². The Labute approximate surface area is 186 Å². The number of ether oxygens (including phenoxy) is 2. The monoisotopic (exact) mass is 437 g/mol. The van der Waals surface area contributed by atoms with Crippen LogP contribution in [0.1, 0.15) is 21.6 Å². The van der Waals surface area contributed by atoms with Crippen molar-refractivity contribution in [1.82, 2.24) is 15.8 Å². The minimum absolute atomic E-state index is 0.234. The summed E-state index contributed by atoms with van der Waals surface area (Å²) in [6, 6.07) is 22.1. The van der Waals surface area contributed by atoms with E-state index in [1.165, 1.54) is 5.56 Å². The number of hydrogen-bond acceptors (Lipinski definition) is 6. The average Bonchev–Trinajstić information content (AvgIpc) is 2.82. The van der Waals surface area contributed by atoms with Crippen LogP contribution < -0.4 is 20.3 Å². The largest absolute Gasteiger partial charge is 0.492 e. The Morgan fingerprint density at radius 1 is 0.935 bits per heavy atom. The number of nitrogens with one attached hydrogen (secondary N) is 2. The topological polar surface area (TPSA) is 92.7 Å². The van der Waals surface area contributed by atoms with Crippen LogP contribution in [0.2, 0.25) is 0 Å². The highest BCUT2D eigenvalue weighted by Gasteiger charge is 2.08. The zero-order chi connectivity index (χ0) is 21.9. The maximum atomic E-state index is 12.3. The lowest BCUT2D eigenvalue weighted by Gasteiger charge is -2.09. The van der Waals surface area contributed by atoms with Gasteiger partial charge in [0.15, 0.2) is 0 Å². The fraction of sp³-hybridized carbons (Fsp3) is 0.174. The molecular weight excluding hydrogens is 414 g/mol. The van der Waals surface area contributed by atoms with Crippen LogP contribution in [0.3, 0.4) is 0 Å². The minimum Gasteiger partial charge on any atom is -0.492 e. The van der Waals surface area contributed by atoms with Gasteiger partial charge in [0.2, 0.25) is 5.88 Å². The fourth-order valence-electron chi connectivity index (χ4n) is 2.73. The molecule has 0 spiro atoms. The molecule has 0 saturated carbocycles. The molecule has 0 saturated heterocycles. The molecule has 0 unspecified atom stereocenters. The maximum Gasteiger partial charge on any atom is 0.270 e. The van der Waals surface area contributed by atoms with Gasteiger partial charge in [0.1, 0.15) is 23.0 Å². The fourth-order valence-corrected chi connectivity index (χ4v) is 2.87. The molecule has 0 aliphatic rings. The van der Waals surface area contributed by atoms with Crippen molar-refractivity contribution in [3.8, 4) is 11.6 Å². The lowest BCUT2D eigenvalue weighted by atomic mass is 10.2. The number of hydrogen-bond donors (Lipinski definition) is 3. The summed E-state index contributed by atoms with van der Waals surface area (Å²) < 4.78 is 11.3. The summed E-state index contributed by atoms with van der Waals surface area (Å²) in [6.45, 7) is 1.09. The van der Waals surface area contributed by atoms with Crippen molar-refractivity contribution in [2.45, 2.75) is 6.42 Å². The van der Waals surface area contributed by atoms with Gasteiger partial charge in [-0.1, -0.05) is 48.6 Å². The van der Waals surface area contributed by atoms with Crippen LogP contribution in [0.15, 0.2) is 72.8 Å². The van der Waals surface area contributed by atoms with Crippen LogP contribution in [0.4, 0.5) is 0 Å². The molecule has 1 aromatic heterocycles. The summed E-state index contributed by atoms with van der Waals surface area (Å²) in [4.78, 5) is 16.8. The Balaban J connectivity index is 1.41. The predicted molar refractivity (Wildman–Crippen MR) is 121 cm³/mol. The number of amides is 1. The Hall–Kier alpha value is -3.49. The second-order valence-electron chi connectivity index (χ2n) is 6.51. The zero-order valence-corrected chi connectivity index (χ0v) is 17.6. The molecule has 2 aromatic carbocycles. The van der Waals surface area contributed by atoms with Gasteiger partial charge in [-0.05, 0) is 35.9 Å². The number of aromatic nitrogens is 1. The Bertz CT molecular complexity index is 997. The van der Waals surface area contributed by atoms with Gasteiger partial charge in [-0.15, -0.1) is 0 Å². The maximum absolute atomic E-state index is 12.3. The Morgan fingerprint density at radius 2 is 1.71 bits per heavy atom. The van der Waals surface area contributed by atoms with E-state index in [1.807, 2.05) is 35.8 Å². The van der Waals surface area contributed by atoms with E-state index in [0.717, 1.165) is 6.42 Å². The quantitative estimate of drug-likeness (QED) is 0.255. The molecule has 160 valence electrons. The Kier molecular flexibility index (Phi) is 8.33. The number of carbonyl (C=O) groups is 1. The number of pyridine rings is 1. The first-order valence-corrected chi connectivity index (χ1v) is 10.2. The summed E-state index contributed by atoms with van der Waals surface area (Å²) in [5.74, 6) is 0.743. The van der Waals surface area contributed by atoms with Crippen molar-refractivity contribution < 1.29 is 19.5 Å². The molecule has 3 N–H and O–H groups in total. The van der Waals surface area contributed by atoms with Gasteiger partial charge in [-0.25, -0.2) is 4.98 Å². The highest BCUT2D eigenvalue weighted by molar-refractivity contribution is 7.80. The van der Waals surface area contributed by atoms with Crippen molar-refractivity contribution >= 4 is 23.1 Å². The van der Waals surface area contributed by atoms with Crippen molar-refractivity contribution in [3.05, 3.63) is 89.6 Å². The normalized spacial score (nSPS) is 10.2. The van der Waals surface area contributed by atoms with Gasteiger partial charge in [0.05, 0.1) is 13.2 Å². The molecule has 0 atom stereocenters. The first-order chi connectivity index (χ1) is 15.2. The second-order valence-corrected chi connectivity index (χ2v) is 6.92. The molecular formula is C23H23N3O4S. The zero-order valence-electron chi connectivity index (χ0n) is 16.8. The molecule has 8 heteroatoms. The molecule has 7 nitrogen and oxygen atoms in total. The van der Waals surface area contributed by atoms with Crippen LogP contribution in [-0.2, 0) is 6.42 Å². The molecule has 0 aliphatic heterocycles. The summed E-state index contributed by atoms with van der Waals surface area (Å²) in [5, 5.41) is 11.6. The molecule has 0 radical (unpaired) electrons. The molecule has 0 aliphatic carbocycles. The smallest absolute Gasteiger partial charge is 0.270 e. The number of carbonyl (C=O) groups excluding carboxylic acids is 1. The molecule has 3 aromatic rings. The summed E-state index contributed by atoms with van der Waals surface area (Å²) in [5.41, 5.74) is 4.07.